The molecule has 2 aromatic carbocycles. The van der Waals surface area contributed by atoms with Gasteiger partial charge in [0, 0.05) is 23.2 Å². The molecule has 2 aromatic rings. The number of hydrogen-bond acceptors (Lipinski definition) is 2. The molecule has 0 radical (unpaired) electrons. The smallest absolute Gasteiger partial charge is 0.196 e. The van der Waals surface area contributed by atoms with Crippen LogP contribution in [-0.2, 0) is 11.0 Å². The highest BCUT2D eigenvalue weighted by molar-refractivity contribution is 7.86. The molecule has 0 N–H and O–H groups in total. The van der Waals surface area contributed by atoms with Crippen molar-refractivity contribution in [2.75, 3.05) is 11.4 Å². The predicted octanol–water partition coefficient (Wildman–Crippen LogP) is 3.04. The van der Waals surface area contributed by atoms with Crippen LogP contribution in [0.1, 0.15) is 15.9 Å². The van der Waals surface area contributed by atoms with E-state index in [1.807, 2.05) is 6.07 Å². The molecule has 0 amide bonds. The van der Waals surface area contributed by atoms with Crippen LogP contribution in [0, 0.1) is 0 Å². The van der Waals surface area contributed by atoms with Crippen LogP contribution in [0.3, 0.4) is 0 Å². The molecule has 96 valence electrons. The molecule has 0 fully saturated rings. The maximum atomic E-state index is 12.5. The molecule has 0 aliphatic carbocycles. The molecule has 3 rings (SSSR count). The number of para-hydroxylation sites is 1. The average Bonchev–Trinajstić information content (AvgIpc) is 2.51. The predicted molar refractivity (Wildman–Crippen MR) is 76.1 cm³/mol. The van der Waals surface area contributed by atoms with Crippen LogP contribution in [0.15, 0.2) is 47.4 Å². The maximum Gasteiger partial charge on any atom is 0.196 e. The summed E-state index contributed by atoms with van der Waals surface area (Å²) >= 11 is 5.94. The molecule has 1 unspecified atom stereocenters. The maximum absolute atomic E-state index is 12.5. The number of fused-ring (bicyclic) bond motifs is 2. The Morgan fingerprint density at radius 1 is 1.11 bits per heavy atom. The third-order valence-corrected chi connectivity index (χ3v) is 4.76. The van der Waals surface area contributed by atoms with Gasteiger partial charge >= 0.3 is 0 Å². The highest BCUT2D eigenvalue weighted by Gasteiger charge is 2.28. The second-order valence-corrected chi connectivity index (χ2v) is 6.16. The molecule has 19 heavy (non-hydrogen) atoms. The van der Waals surface area contributed by atoms with Gasteiger partial charge in [-0.25, -0.2) is 4.21 Å². The van der Waals surface area contributed by atoms with E-state index < -0.39 is 11.0 Å². The van der Waals surface area contributed by atoms with E-state index in [-0.39, 0.29) is 5.78 Å². The van der Waals surface area contributed by atoms with E-state index in [2.05, 4.69) is 0 Å². The summed E-state index contributed by atoms with van der Waals surface area (Å²) in [6.45, 7) is 0. The zero-order chi connectivity index (χ0) is 13.6. The zero-order valence-corrected chi connectivity index (χ0v) is 11.7. The summed E-state index contributed by atoms with van der Waals surface area (Å²) in [4.78, 5) is 13.0. The molecule has 1 atom stereocenters. The molecule has 1 aliphatic rings. The number of rotatable bonds is 0. The van der Waals surface area contributed by atoms with Crippen molar-refractivity contribution >= 4 is 34.1 Å². The molecule has 0 saturated heterocycles. The molecule has 0 spiro atoms. The van der Waals surface area contributed by atoms with Gasteiger partial charge in [-0.3, -0.25) is 9.10 Å². The van der Waals surface area contributed by atoms with Crippen LogP contribution < -0.4 is 4.31 Å². The molecular weight excluding hydrogens is 282 g/mol. The second-order valence-electron chi connectivity index (χ2n) is 4.23. The molecular formula is C14H10ClNO2S. The Kier molecular flexibility index (Phi) is 2.92. The van der Waals surface area contributed by atoms with Gasteiger partial charge in [0.05, 0.1) is 10.6 Å². The van der Waals surface area contributed by atoms with Crippen LogP contribution in [0.5, 0.6) is 0 Å². The SMILES string of the molecule is CN1c2ccccc2C(=O)c2ccc(Cl)cc2S1=O. The van der Waals surface area contributed by atoms with Crippen molar-refractivity contribution in [3.05, 3.63) is 58.6 Å². The van der Waals surface area contributed by atoms with Gasteiger partial charge in [0.1, 0.15) is 0 Å². The lowest BCUT2D eigenvalue weighted by Crippen LogP contribution is -2.20. The lowest BCUT2D eigenvalue weighted by atomic mass is 10.0. The van der Waals surface area contributed by atoms with Crippen molar-refractivity contribution in [2.45, 2.75) is 4.90 Å². The summed E-state index contributed by atoms with van der Waals surface area (Å²) in [6, 6.07) is 12.0. The summed E-state index contributed by atoms with van der Waals surface area (Å²) in [5, 5.41) is 0.472. The fourth-order valence-electron chi connectivity index (χ4n) is 2.15. The molecule has 3 nitrogen and oxygen atoms in total. The first-order chi connectivity index (χ1) is 9.09. The zero-order valence-electron chi connectivity index (χ0n) is 10.1. The molecule has 5 heteroatoms. The standard InChI is InChI=1S/C14H10ClNO2S/c1-16-12-5-3-2-4-10(12)14(17)11-7-6-9(15)8-13(11)19(16)18/h2-8H,1H3. The van der Waals surface area contributed by atoms with Gasteiger partial charge in [0.15, 0.2) is 16.8 Å². The highest BCUT2D eigenvalue weighted by Crippen LogP contribution is 2.33. The minimum atomic E-state index is -1.44. The third-order valence-electron chi connectivity index (χ3n) is 3.11. The van der Waals surface area contributed by atoms with Crippen molar-refractivity contribution in [3.8, 4) is 0 Å². The number of nitrogens with zero attached hydrogens (tertiary/aromatic N) is 1. The van der Waals surface area contributed by atoms with Crippen molar-refractivity contribution in [1.29, 1.82) is 0 Å². The monoisotopic (exact) mass is 291 g/mol. The van der Waals surface area contributed by atoms with Crippen molar-refractivity contribution < 1.29 is 9.00 Å². The number of halogens is 1. The number of carbonyl (C=O) groups excluding carboxylic acids is 1. The van der Waals surface area contributed by atoms with Crippen molar-refractivity contribution in [3.63, 3.8) is 0 Å². The summed E-state index contributed by atoms with van der Waals surface area (Å²) in [7, 11) is 0.265. The van der Waals surface area contributed by atoms with Gasteiger partial charge in [-0.15, -0.1) is 0 Å². The van der Waals surface area contributed by atoms with Crippen molar-refractivity contribution in [1.82, 2.24) is 0 Å². The van der Waals surface area contributed by atoms with E-state index in [9.17, 15) is 9.00 Å². The molecule has 0 bridgehead atoms. The van der Waals surface area contributed by atoms with E-state index in [1.165, 1.54) is 0 Å². The van der Waals surface area contributed by atoms with E-state index in [0.717, 1.165) is 0 Å². The second kappa shape index (κ2) is 4.47. The molecule has 0 aromatic heterocycles. The van der Waals surface area contributed by atoms with Gasteiger partial charge in [-0.1, -0.05) is 23.7 Å². The van der Waals surface area contributed by atoms with E-state index >= 15 is 0 Å². The topological polar surface area (TPSA) is 37.4 Å². The minimum Gasteiger partial charge on any atom is -0.290 e. The molecule has 1 heterocycles. The van der Waals surface area contributed by atoms with Crippen LogP contribution in [0.2, 0.25) is 5.02 Å². The van der Waals surface area contributed by atoms with E-state index in [4.69, 9.17) is 11.6 Å². The van der Waals surface area contributed by atoms with Crippen LogP contribution in [0.4, 0.5) is 5.69 Å². The number of benzene rings is 2. The summed E-state index contributed by atoms with van der Waals surface area (Å²) in [5.41, 5.74) is 1.66. The third kappa shape index (κ3) is 1.88. The van der Waals surface area contributed by atoms with Gasteiger partial charge in [-0.05, 0) is 30.3 Å². The van der Waals surface area contributed by atoms with Crippen molar-refractivity contribution in [2.24, 2.45) is 0 Å². The summed E-state index contributed by atoms with van der Waals surface area (Å²) < 4.78 is 14.1. The number of anilines is 1. The lowest BCUT2D eigenvalue weighted by Gasteiger charge is -2.17. The Hall–Kier alpha value is -1.65. The van der Waals surface area contributed by atoms with Gasteiger partial charge in [0.25, 0.3) is 0 Å². The normalized spacial score (nSPS) is 17.7. The molecule has 0 saturated carbocycles. The summed E-state index contributed by atoms with van der Waals surface area (Å²) in [6.07, 6.45) is 0. The van der Waals surface area contributed by atoms with Gasteiger partial charge < -0.3 is 0 Å². The first-order valence-electron chi connectivity index (χ1n) is 5.68. The molecule has 1 aliphatic heterocycles. The van der Waals surface area contributed by atoms with E-state index in [0.29, 0.717) is 26.7 Å². The number of ketones is 1. The number of hydrogen-bond donors (Lipinski definition) is 0. The van der Waals surface area contributed by atoms with Crippen LogP contribution in [0.25, 0.3) is 0 Å². The fraction of sp³-hybridized carbons (Fsp3) is 0.0714. The van der Waals surface area contributed by atoms with E-state index in [1.54, 1.807) is 47.8 Å². The lowest BCUT2D eigenvalue weighted by molar-refractivity contribution is 0.103. The minimum absolute atomic E-state index is 0.125. The average molecular weight is 292 g/mol. The quantitative estimate of drug-likeness (QED) is 0.748. The van der Waals surface area contributed by atoms with Gasteiger partial charge in [0.2, 0.25) is 0 Å². The Bertz CT molecular complexity index is 714. The Morgan fingerprint density at radius 2 is 1.84 bits per heavy atom. The van der Waals surface area contributed by atoms with Gasteiger partial charge in [-0.2, -0.15) is 0 Å². The fourth-order valence-corrected chi connectivity index (χ4v) is 3.60. The summed E-state index contributed by atoms with van der Waals surface area (Å²) in [5.74, 6) is -0.125. The largest absolute Gasteiger partial charge is 0.290 e. The highest BCUT2D eigenvalue weighted by atomic mass is 35.5. The Morgan fingerprint density at radius 3 is 2.63 bits per heavy atom. The van der Waals surface area contributed by atoms with Crippen LogP contribution >= 0.6 is 11.6 Å². The Balaban J connectivity index is 2.34. The van der Waals surface area contributed by atoms with Crippen LogP contribution in [-0.4, -0.2) is 17.0 Å². The first kappa shape index (κ1) is 12.4. The number of carbonyl (C=O) groups is 1. The Labute approximate surface area is 118 Å². The first-order valence-corrected chi connectivity index (χ1v) is 7.17.